The molecule has 0 saturated heterocycles. The third-order valence-electron chi connectivity index (χ3n) is 4.47. The summed E-state index contributed by atoms with van der Waals surface area (Å²) in [6, 6.07) is 16.6. The molecule has 3 rings (SSSR count). The Hall–Kier alpha value is -1.84. The average Bonchev–Trinajstić information content (AvgIpc) is 2.52. The summed E-state index contributed by atoms with van der Waals surface area (Å²) < 4.78 is 4.99. The Bertz CT molecular complexity index is 673. The summed E-state index contributed by atoms with van der Waals surface area (Å²) >= 11 is 5.92. The molecule has 1 saturated carbocycles. The minimum absolute atomic E-state index is 0.304. The number of methoxy groups -OCH3 is 1. The number of esters is 1. The largest absolute Gasteiger partial charge is 0.468 e. The van der Waals surface area contributed by atoms with E-state index in [4.69, 9.17) is 16.3 Å². The molecular formula is C18H17ClO3. The lowest BCUT2D eigenvalue weighted by Gasteiger charge is -2.51. The first-order valence-corrected chi connectivity index (χ1v) is 7.50. The third-order valence-corrected chi connectivity index (χ3v) is 4.72. The maximum atomic E-state index is 12.4. The zero-order valence-corrected chi connectivity index (χ0v) is 13.0. The number of benzene rings is 2. The van der Waals surface area contributed by atoms with E-state index in [2.05, 4.69) is 0 Å². The summed E-state index contributed by atoms with van der Waals surface area (Å²) in [6.45, 7) is 0. The molecule has 114 valence electrons. The summed E-state index contributed by atoms with van der Waals surface area (Å²) in [4.78, 5) is 12.4. The third kappa shape index (κ3) is 2.31. The van der Waals surface area contributed by atoms with Crippen molar-refractivity contribution in [3.8, 4) is 0 Å². The summed E-state index contributed by atoms with van der Waals surface area (Å²) in [7, 11) is 1.37. The summed E-state index contributed by atoms with van der Waals surface area (Å²) in [6.07, 6.45) is 0.608. The first-order valence-electron chi connectivity index (χ1n) is 7.13. The van der Waals surface area contributed by atoms with Gasteiger partial charge in [0, 0.05) is 17.9 Å². The second kappa shape index (κ2) is 5.41. The predicted molar refractivity (Wildman–Crippen MR) is 84.7 cm³/mol. The molecule has 4 heteroatoms. The van der Waals surface area contributed by atoms with Gasteiger partial charge in [-0.05, 0) is 23.3 Å². The number of aliphatic hydroxyl groups is 1. The maximum Gasteiger partial charge on any atom is 0.316 e. The molecule has 3 nitrogen and oxygen atoms in total. The van der Waals surface area contributed by atoms with Crippen molar-refractivity contribution in [3.63, 3.8) is 0 Å². The molecule has 0 bridgehead atoms. The molecule has 0 aromatic heterocycles. The second-order valence-corrected chi connectivity index (χ2v) is 6.27. The van der Waals surface area contributed by atoms with Crippen molar-refractivity contribution in [2.24, 2.45) is 0 Å². The number of carbonyl (C=O) groups is 1. The SMILES string of the molecule is COC(=O)C1(c2ccc(Cl)cc2)CC(O)(c2ccccc2)C1. The Kier molecular flexibility index (Phi) is 3.71. The van der Waals surface area contributed by atoms with Crippen molar-refractivity contribution in [3.05, 3.63) is 70.7 Å². The molecule has 2 aromatic carbocycles. The van der Waals surface area contributed by atoms with Crippen LogP contribution in [0.25, 0.3) is 0 Å². The molecule has 0 heterocycles. The van der Waals surface area contributed by atoms with Crippen molar-refractivity contribution in [1.29, 1.82) is 0 Å². The molecule has 0 spiro atoms. The van der Waals surface area contributed by atoms with Crippen LogP contribution in [0.1, 0.15) is 24.0 Å². The highest BCUT2D eigenvalue weighted by molar-refractivity contribution is 6.30. The van der Waals surface area contributed by atoms with Crippen LogP contribution in [0.3, 0.4) is 0 Å². The van der Waals surface area contributed by atoms with E-state index in [1.165, 1.54) is 7.11 Å². The van der Waals surface area contributed by atoms with Crippen LogP contribution in [0.15, 0.2) is 54.6 Å². The molecule has 0 atom stereocenters. The van der Waals surface area contributed by atoms with Gasteiger partial charge in [-0.15, -0.1) is 0 Å². The number of carbonyl (C=O) groups excluding carboxylic acids is 1. The molecule has 1 N–H and O–H groups in total. The molecule has 0 radical (unpaired) electrons. The average molecular weight is 317 g/mol. The van der Waals surface area contributed by atoms with Crippen LogP contribution in [0.2, 0.25) is 5.02 Å². The van der Waals surface area contributed by atoms with Gasteiger partial charge in [-0.1, -0.05) is 54.1 Å². The fourth-order valence-corrected chi connectivity index (χ4v) is 3.46. The highest BCUT2D eigenvalue weighted by atomic mass is 35.5. The van der Waals surface area contributed by atoms with Crippen LogP contribution in [0.5, 0.6) is 0 Å². The lowest BCUT2D eigenvalue weighted by Crippen LogP contribution is -2.57. The second-order valence-electron chi connectivity index (χ2n) is 5.83. The van der Waals surface area contributed by atoms with E-state index in [9.17, 15) is 9.90 Å². The van der Waals surface area contributed by atoms with Gasteiger partial charge < -0.3 is 9.84 Å². The van der Waals surface area contributed by atoms with Crippen LogP contribution in [0, 0.1) is 0 Å². The van der Waals surface area contributed by atoms with Gasteiger partial charge in [0.2, 0.25) is 0 Å². The monoisotopic (exact) mass is 316 g/mol. The molecule has 0 aliphatic heterocycles. The van der Waals surface area contributed by atoms with Crippen molar-refractivity contribution >= 4 is 17.6 Å². The van der Waals surface area contributed by atoms with Crippen LogP contribution < -0.4 is 0 Å². The van der Waals surface area contributed by atoms with Crippen molar-refractivity contribution in [2.75, 3.05) is 7.11 Å². The number of halogens is 1. The highest BCUT2D eigenvalue weighted by Gasteiger charge is 2.60. The van der Waals surface area contributed by atoms with Crippen molar-refractivity contribution < 1.29 is 14.6 Å². The van der Waals surface area contributed by atoms with Gasteiger partial charge in [0.15, 0.2) is 0 Å². The number of rotatable bonds is 3. The van der Waals surface area contributed by atoms with Crippen LogP contribution in [0.4, 0.5) is 0 Å². The van der Waals surface area contributed by atoms with Crippen LogP contribution in [-0.2, 0) is 20.5 Å². The predicted octanol–water partition coefficient (Wildman–Crippen LogP) is 3.43. The Morgan fingerprint density at radius 3 is 2.18 bits per heavy atom. The molecule has 0 amide bonds. The zero-order chi connectivity index (χ0) is 15.8. The quantitative estimate of drug-likeness (QED) is 0.882. The molecule has 22 heavy (non-hydrogen) atoms. The highest BCUT2D eigenvalue weighted by Crippen LogP contribution is 2.56. The fourth-order valence-electron chi connectivity index (χ4n) is 3.33. The van der Waals surface area contributed by atoms with E-state index in [1.807, 2.05) is 42.5 Å². The van der Waals surface area contributed by atoms with Crippen LogP contribution >= 0.6 is 11.6 Å². The van der Waals surface area contributed by atoms with Crippen molar-refractivity contribution in [1.82, 2.24) is 0 Å². The van der Waals surface area contributed by atoms with E-state index < -0.39 is 11.0 Å². The van der Waals surface area contributed by atoms with Crippen molar-refractivity contribution in [2.45, 2.75) is 23.9 Å². The minimum Gasteiger partial charge on any atom is -0.468 e. The summed E-state index contributed by atoms with van der Waals surface area (Å²) in [5.41, 5.74) is -0.174. The molecule has 0 unspecified atom stereocenters. The van der Waals surface area contributed by atoms with E-state index in [0.717, 1.165) is 11.1 Å². The molecule has 2 aromatic rings. The maximum absolute atomic E-state index is 12.4. The zero-order valence-electron chi connectivity index (χ0n) is 12.3. The molecule has 1 aliphatic carbocycles. The van der Waals surface area contributed by atoms with Gasteiger partial charge >= 0.3 is 5.97 Å². The topological polar surface area (TPSA) is 46.5 Å². The number of ether oxygens (including phenoxy) is 1. The van der Waals surface area contributed by atoms with Gasteiger partial charge in [0.05, 0.1) is 18.1 Å². The lowest BCUT2D eigenvalue weighted by molar-refractivity contribution is -0.170. The minimum atomic E-state index is -1.00. The van der Waals surface area contributed by atoms with Gasteiger partial charge in [0.25, 0.3) is 0 Å². The molecular weight excluding hydrogens is 300 g/mol. The first-order chi connectivity index (χ1) is 10.5. The molecule has 1 fully saturated rings. The Morgan fingerprint density at radius 1 is 1.05 bits per heavy atom. The summed E-state index contributed by atoms with van der Waals surface area (Å²) in [5.74, 6) is -0.324. The lowest BCUT2D eigenvalue weighted by atomic mass is 9.54. The van der Waals surface area contributed by atoms with E-state index in [0.29, 0.717) is 17.9 Å². The number of hydrogen-bond acceptors (Lipinski definition) is 3. The van der Waals surface area contributed by atoms with Crippen LogP contribution in [-0.4, -0.2) is 18.2 Å². The van der Waals surface area contributed by atoms with Gasteiger partial charge in [-0.2, -0.15) is 0 Å². The normalized spacial score (nSPS) is 27.0. The van der Waals surface area contributed by atoms with Gasteiger partial charge in [0.1, 0.15) is 0 Å². The fraction of sp³-hybridized carbons (Fsp3) is 0.278. The smallest absolute Gasteiger partial charge is 0.316 e. The summed E-state index contributed by atoms with van der Waals surface area (Å²) in [5, 5.41) is 11.5. The van der Waals surface area contributed by atoms with Gasteiger partial charge in [-0.3, -0.25) is 4.79 Å². The van der Waals surface area contributed by atoms with E-state index in [-0.39, 0.29) is 5.97 Å². The number of hydrogen-bond donors (Lipinski definition) is 1. The first kappa shape index (κ1) is 15.1. The Labute approximate surface area is 134 Å². The van der Waals surface area contributed by atoms with E-state index >= 15 is 0 Å². The standard InChI is InChI=1S/C18H17ClO3/c1-22-16(20)17(13-7-9-15(19)10-8-13)11-18(21,12-17)14-5-3-2-4-6-14/h2-10,21H,11-12H2,1H3. The Balaban J connectivity index is 1.95. The molecule has 1 aliphatic rings. The Morgan fingerprint density at radius 2 is 1.64 bits per heavy atom. The van der Waals surface area contributed by atoms with E-state index in [1.54, 1.807) is 12.1 Å². The van der Waals surface area contributed by atoms with Gasteiger partial charge in [-0.25, -0.2) is 0 Å².